The second-order valence-corrected chi connectivity index (χ2v) is 5.00. The molecule has 1 aliphatic rings. The van der Waals surface area contributed by atoms with E-state index in [1.807, 2.05) is 13.8 Å². The van der Waals surface area contributed by atoms with E-state index in [1.165, 1.54) is 0 Å². The van der Waals surface area contributed by atoms with Crippen LogP contribution >= 0.6 is 15.9 Å². The maximum atomic E-state index is 13.9. The Morgan fingerprint density at radius 3 is 2.56 bits per heavy atom. The molecule has 1 aromatic rings. The number of rotatable bonds is 1. The summed E-state index contributed by atoms with van der Waals surface area (Å²) in [6.07, 6.45) is 0. The Labute approximate surface area is 104 Å². The SMILES string of the molecule is Cc1cc(N2CCNCC2)c(C)c(F)c1Br. The maximum Gasteiger partial charge on any atom is 0.142 e. The number of piperazine rings is 1. The van der Waals surface area contributed by atoms with Gasteiger partial charge in [-0.15, -0.1) is 0 Å². The van der Waals surface area contributed by atoms with E-state index in [-0.39, 0.29) is 5.82 Å². The lowest BCUT2D eigenvalue weighted by Crippen LogP contribution is -2.43. The summed E-state index contributed by atoms with van der Waals surface area (Å²) in [5.41, 5.74) is 2.72. The summed E-state index contributed by atoms with van der Waals surface area (Å²) < 4.78 is 14.5. The van der Waals surface area contributed by atoms with Crippen LogP contribution in [-0.2, 0) is 0 Å². The van der Waals surface area contributed by atoms with E-state index in [2.05, 4.69) is 32.2 Å². The summed E-state index contributed by atoms with van der Waals surface area (Å²) >= 11 is 3.28. The first kappa shape index (κ1) is 11.9. The fourth-order valence-electron chi connectivity index (χ4n) is 2.06. The van der Waals surface area contributed by atoms with Gasteiger partial charge < -0.3 is 10.2 Å². The Morgan fingerprint density at radius 2 is 1.94 bits per heavy atom. The molecular formula is C12H16BrFN2. The van der Waals surface area contributed by atoms with E-state index in [1.54, 1.807) is 0 Å². The van der Waals surface area contributed by atoms with Crippen molar-refractivity contribution in [1.29, 1.82) is 0 Å². The van der Waals surface area contributed by atoms with Gasteiger partial charge in [-0.3, -0.25) is 0 Å². The molecular weight excluding hydrogens is 271 g/mol. The monoisotopic (exact) mass is 286 g/mol. The largest absolute Gasteiger partial charge is 0.369 e. The van der Waals surface area contributed by atoms with Crippen LogP contribution in [0, 0.1) is 19.7 Å². The summed E-state index contributed by atoms with van der Waals surface area (Å²) in [6.45, 7) is 7.60. The highest BCUT2D eigenvalue weighted by atomic mass is 79.9. The molecule has 0 aromatic heterocycles. The van der Waals surface area contributed by atoms with Crippen molar-refractivity contribution in [3.8, 4) is 0 Å². The Balaban J connectivity index is 2.40. The van der Waals surface area contributed by atoms with E-state index in [9.17, 15) is 4.39 Å². The lowest BCUT2D eigenvalue weighted by molar-refractivity contribution is 0.579. The zero-order chi connectivity index (χ0) is 11.7. The molecule has 1 saturated heterocycles. The minimum absolute atomic E-state index is 0.131. The smallest absolute Gasteiger partial charge is 0.142 e. The number of benzene rings is 1. The van der Waals surface area contributed by atoms with Crippen LogP contribution in [0.4, 0.5) is 10.1 Å². The van der Waals surface area contributed by atoms with Crippen molar-refractivity contribution in [3.63, 3.8) is 0 Å². The molecule has 1 aromatic carbocycles. The molecule has 88 valence electrons. The standard InChI is InChI=1S/C12H16BrFN2/c1-8-7-10(9(2)12(14)11(8)13)16-5-3-15-4-6-16/h7,15H,3-6H2,1-2H3. The first-order chi connectivity index (χ1) is 7.61. The lowest BCUT2D eigenvalue weighted by atomic mass is 10.1. The molecule has 0 saturated carbocycles. The lowest BCUT2D eigenvalue weighted by Gasteiger charge is -2.31. The minimum Gasteiger partial charge on any atom is -0.369 e. The second kappa shape index (κ2) is 4.72. The molecule has 0 amide bonds. The van der Waals surface area contributed by atoms with Crippen LogP contribution in [0.2, 0.25) is 0 Å². The Kier molecular flexibility index (Phi) is 3.50. The van der Waals surface area contributed by atoms with Gasteiger partial charge in [0.2, 0.25) is 0 Å². The van der Waals surface area contributed by atoms with Gasteiger partial charge in [0.25, 0.3) is 0 Å². The number of anilines is 1. The van der Waals surface area contributed by atoms with E-state index in [0.29, 0.717) is 4.47 Å². The summed E-state index contributed by atoms with van der Waals surface area (Å²) in [4.78, 5) is 2.24. The number of aryl methyl sites for hydroxylation is 1. The van der Waals surface area contributed by atoms with Crippen LogP contribution in [-0.4, -0.2) is 26.2 Å². The normalized spacial score (nSPS) is 16.6. The summed E-state index contributed by atoms with van der Waals surface area (Å²) in [7, 11) is 0. The van der Waals surface area contributed by atoms with E-state index < -0.39 is 0 Å². The molecule has 0 atom stereocenters. The molecule has 1 heterocycles. The minimum atomic E-state index is -0.131. The van der Waals surface area contributed by atoms with Crippen molar-refractivity contribution < 1.29 is 4.39 Å². The molecule has 4 heteroatoms. The molecule has 0 spiro atoms. The molecule has 2 nitrogen and oxygen atoms in total. The zero-order valence-corrected chi connectivity index (χ0v) is 11.2. The fraction of sp³-hybridized carbons (Fsp3) is 0.500. The van der Waals surface area contributed by atoms with E-state index in [4.69, 9.17) is 0 Å². The van der Waals surface area contributed by atoms with Crippen LogP contribution < -0.4 is 10.2 Å². The van der Waals surface area contributed by atoms with Crippen molar-refractivity contribution in [1.82, 2.24) is 5.32 Å². The Hall–Kier alpha value is -0.610. The van der Waals surface area contributed by atoms with Crippen molar-refractivity contribution in [3.05, 3.63) is 27.5 Å². The number of hydrogen-bond donors (Lipinski definition) is 1. The van der Waals surface area contributed by atoms with Gasteiger partial charge in [0.15, 0.2) is 0 Å². The summed E-state index contributed by atoms with van der Waals surface area (Å²) in [6, 6.07) is 2.06. The van der Waals surface area contributed by atoms with Gasteiger partial charge in [-0.25, -0.2) is 4.39 Å². The quantitative estimate of drug-likeness (QED) is 0.854. The fourth-order valence-corrected chi connectivity index (χ4v) is 2.47. The third-order valence-corrected chi connectivity index (χ3v) is 4.04. The summed E-state index contributed by atoms with van der Waals surface area (Å²) in [5.74, 6) is -0.131. The van der Waals surface area contributed by atoms with Crippen molar-refractivity contribution in [2.24, 2.45) is 0 Å². The zero-order valence-electron chi connectivity index (χ0n) is 9.61. The second-order valence-electron chi connectivity index (χ2n) is 4.20. The molecule has 0 radical (unpaired) electrons. The average Bonchev–Trinajstić information content (AvgIpc) is 2.32. The highest BCUT2D eigenvalue weighted by Gasteiger charge is 2.17. The Morgan fingerprint density at radius 1 is 1.31 bits per heavy atom. The predicted octanol–water partition coefficient (Wildman–Crippen LogP) is 2.61. The van der Waals surface area contributed by atoms with Gasteiger partial charge >= 0.3 is 0 Å². The number of nitrogens with one attached hydrogen (secondary N) is 1. The number of nitrogens with zero attached hydrogens (tertiary/aromatic N) is 1. The van der Waals surface area contributed by atoms with Crippen LogP contribution in [0.5, 0.6) is 0 Å². The topological polar surface area (TPSA) is 15.3 Å². The van der Waals surface area contributed by atoms with Crippen LogP contribution in [0.1, 0.15) is 11.1 Å². The van der Waals surface area contributed by atoms with Gasteiger partial charge in [0.1, 0.15) is 5.82 Å². The average molecular weight is 287 g/mol. The highest BCUT2D eigenvalue weighted by molar-refractivity contribution is 9.10. The van der Waals surface area contributed by atoms with Crippen molar-refractivity contribution in [2.45, 2.75) is 13.8 Å². The molecule has 0 bridgehead atoms. The predicted molar refractivity (Wildman–Crippen MR) is 68.7 cm³/mol. The third-order valence-electron chi connectivity index (χ3n) is 3.06. The Bertz CT molecular complexity index is 400. The van der Waals surface area contributed by atoms with Crippen LogP contribution in [0.15, 0.2) is 10.5 Å². The molecule has 1 N–H and O–H groups in total. The van der Waals surface area contributed by atoms with Gasteiger partial charge in [-0.2, -0.15) is 0 Å². The molecule has 1 fully saturated rings. The van der Waals surface area contributed by atoms with E-state index >= 15 is 0 Å². The van der Waals surface area contributed by atoms with E-state index in [0.717, 1.165) is 43.0 Å². The van der Waals surface area contributed by atoms with Gasteiger partial charge in [0, 0.05) is 37.4 Å². The molecule has 0 unspecified atom stereocenters. The van der Waals surface area contributed by atoms with Crippen LogP contribution in [0.3, 0.4) is 0 Å². The van der Waals surface area contributed by atoms with Gasteiger partial charge in [-0.05, 0) is 41.4 Å². The summed E-state index contributed by atoms with van der Waals surface area (Å²) in [5, 5.41) is 3.30. The third kappa shape index (κ3) is 2.09. The number of hydrogen-bond acceptors (Lipinski definition) is 2. The van der Waals surface area contributed by atoms with Crippen molar-refractivity contribution in [2.75, 3.05) is 31.1 Å². The number of halogens is 2. The van der Waals surface area contributed by atoms with Gasteiger partial charge in [-0.1, -0.05) is 0 Å². The van der Waals surface area contributed by atoms with Gasteiger partial charge in [0.05, 0.1) is 4.47 Å². The highest BCUT2D eigenvalue weighted by Crippen LogP contribution is 2.31. The van der Waals surface area contributed by atoms with Crippen LogP contribution in [0.25, 0.3) is 0 Å². The molecule has 1 aliphatic heterocycles. The molecule has 2 rings (SSSR count). The molecule has 16 heavy (non-hydrogen) atoms. The first-order valence-electron chi connectivity index (χ1n) is 5.52. The maximum absolute atomic E-state index is 13.9. The molecule has 0 aliphatic carbocycles. The first-order valence-corrected chi connectivity index (χ1v) is 6.31. The van der Waals surface area contributed by atoms with Crippen molar-refractivity contribution >= 4 is 21.6 Å².